The van der Waals surface area contributed by atoms with Crippen molar-refractivity contribution < 1.29 is 31.1 Å². The Labute approximate surface area is 184 Å². The van der Waals surface area contributed by atoms with Crippen LogP contribution in [0.25, 0.3) is 11.1 Å². The molecule has 2 aromatic rings. The summed E-state index contributed by atoms with van der Waals surface area (Å²) in [7, 11) is 0. The number of alkyl halides is 3. The van der Waals surface area contributed by atoms with Gasteiger partial charge in [0.15, 0.2) is 11.6 Å². The Kier molecular flexibility index (Phi) is 7.78. The number of hydrogen-bond donors (Lipinski definition) is 0. The van der Waals surface area contributed by atoms with Gasteiger partial charge in [-0.15, -0.1) is 13.2 Å². The third-order valence-corrected chi connectivity index (χ3v) is 6.22. The summed E-state index contributed by atoms with van der Waals surface area (Å²) in [4.78, 5) is 0. The van der Waals surface area contributed by atoms with E-state index in [1.165, 1.54) is 31.4 Å². The Bertz CT molecular complexity index is 890. The average molecular weight is 458 g/mol. The van der Waals surface area contributed by atoms with Gasteiger partial charge in [-0.3, -0.25) is 0 Å². The zero-order valence-corrected chi connectivity index (χ0v) is 18.2. The van der Waals surface area contributed by atoms with Crippen LogP contribution in [0.4, 0.5) is 26.3 Å². The minimum Gasteiger partial charge on any atom is -0.403 e. The summed E-state index contributed by atoms with van der Waals surface area (Å²) >= 11 is 0. The molecule has 0 amide bonds. The summed E-state index contributed by atoms with van der Waals surface area (Å²) < 4.78 is 84.1. The van der Waals surface area contributed by atoms with Crippen LogP contribution in [0.5, 0.6) is 5.75 Å². The quantitative estimate of drug-likeness (QED) is 0.377. The van der Waals surface area contributed by atoms with Gasteiger partial charge in [-0.25, -0.2) is 13.2 Å². The first kappa shape index (κ1) is 24.5. The standard InChI is InChI=1S/C25H28F6O/c1-15(2)4-3-5-16-6-8-17(9-7-16)19-13-21(27)24(22(28)14-19)18-10-11-23(20(26)12-18)32-25(29,30)31/h10-17H,3-9H2,1-2H3. The molecule has 1 aliphatic rings. The van der Waals surface area contributed by atoms with Gasteiger partial charge in [-0.2, -0.15) is 0 Å². The summed E-state index contributed by atoms with van der Waals surface area (Å²) in [5, 5.41) is 0. The Hall–Kier alpha value is -2.18. The van der Waals surface area contributed by atoms with Crippen molar-refractivity contribution in [3.05, 3.63) is 53.3 Å². The van der Waals surface area contributed by atoms with Gasteiger partial charge in [0.05, 0.1) is 5.56 Å². The first-order valence-electron chi connectivity index (χ1n) is 11.1. The van der Waals surface area contributed by atoms with E-state index in [-0.39, 0.29) is 11.5 Å². The summed E-state index contributed by atoms with van der Waals surface area (Å²) in [6.07, 6.45) is 2.32. The average Bonchev–Trinajstić information content (AvgIpc) is 2.69. The van der Waals surface area contributed by atoms with Crippen LogP contribution < -0.4 is 4.74 Å². The lowest BCUT2D eigenvalue weighted by atomic mass is 9.76. The molecule has 0 atom stereocenters. The van der Waals surface area contributed by atoms with E-state index in [2.05, 4.69) is 18.6 Å². The van der Waals surface area contributed by atoms with Gasteiger partial charge >= 0.3 is 6.36 Å². The maximum atomic E-state index is 14.8. The van der Waals surface area contributed by atoms with Gasteiger partial charge in [0.2, 0.25) is 0 Å². The summed E-state index contributed by atoms with van der Waals surface area (Å²) in [5.41, 5.74) is -0.0807. The highest BCUT2D eigenvalue weighted by Gasteiger charge is 2.32. The fourth-order valence-electron chi connectivity index (χ4n) is 4.57. The molecule has 0 heterocycles. The lowest BCUT2D eigenvalue weighted by molar-refractivity contribution is -0.275. The van der Waals surface area contributed by atoms with E-state index in [1.54, 1.807) is 0 Å². The fourth-order valence-corrected chi connectivity index (χ4v) is 4.57. The third-order valence-electron chi connectivity index (χ3n) is 6.22. The van der Waals surface area contributed by atoms with E-state index < -0.39 is 35.1 Å². The minimum absolute atomic E-state index is 0.0636. The van der Waals surface area contributed by atoms with Gasteiger partial charge in [0, 0.05) is 0 Å². The van der Waals surface area contributed by atoms with Gasteiger partial charge < -0.3 is 4.74 Å². The highest BCUT2D eigenvalue weighted by atomic mass is 19.4. The molecule has 0 unspecified atom stereocenters. The number of benzene rings is 2. The molecule has 7 heteroatoms. The predicted octanol–water partition coefficient (Wildman–Crippen LogP) is 8.77. The van der Waals surface area contributed by atoms with Crippen molar-refractivity contribution in [3.8, 4) is 16.9 Å². The maximum Gasteiger partial charge on any atom is 0.573 e. The molecule has 1 saturated carbocycles. The highest BCUT2D eigenvalue weighted by molar-refractivity contribution is 5.66. The van der Waals surface area contributed by atoms with Crippen LogP contribution in [0.1, 0.15) is 70.3 Å². The topological polar surface area (TPSA) is 9.23 Å². The minimum atomic E-state index is -5.06. The molecule has 0 aliphatic heterocycles. The van der Waals surface area contributed by atoms with Crippen LogP contribution in [0.3, 0.4) is 0 Å². The molecular formula is C25H28F6O. The third kappa shape index (κ3) is 6.42. The van der Waals surface area contributed by atoms with E-state index >= 15 is 0 Å². The second-order valence-electron chi connectivity index (χ2n) is 9.09. The van der Waals surface area contributed by atoms with Gasteiger partial charge in [0.25, 0.3) is 0 Å². The summed E-state index contributed by atoms with van der Waals surface area (Å²) in [5.74, 6) is -2.71. The van der Waals surface area contributed by atoms with E-state index in [9.17, 15) is 26.3 Å². The molecule has 0 aromatic heterocycles. The second kappa shape index (κ2) is 10.2. The molecule has 32 heavy (non-hydrogen) atoms. The molecule has 1 nitrogen and oxygen atoms in total. The predicted molar refractivity (Wildman–Crippen MR) is 112 cm³/mol. The first-order valence-corrected chi connectivity index (χ1v) is 11.1. The van der Waals surface area contributed by atoms with Crippen molar-refractivity contribution in [2.75, 3.05) is 0 Å². The monoisotopic (exact) mass is 458 g/mol. The lowest BCUT2D eigenvalue weighted by Gasteiger charge is -2.29. The van der Waals surface area contributed by atoms with Crippen molar-refractivity contribution in [3.63, 3.8) is 0 Å². The number of ether oxygens (including phenoxy) is 1. The molecule has 0 radical (unpaired) electrons. The first-order chi connectivity index (χ1) is 15.0. The molecule has 2 aromatic carbocycles. The Morgan fingerprint density at radius 2 is 1.53 bits per heavy atom. The molecule has 3 rings (SSSR count). The summed E-state index contributed by atoms with van der Waals surface area (Å²) in [6, 6.07) is 4.89. The molecule has 0 bridgehead atoms. The molecule has 0 spiro atoms. The van der Waals surface area contributed by atoms with E-state index in [1.807, 2.05) is 0 Å². The fraction of sp³-hybridized carbons (Fsp3) is 0.520. The van der Waals surface area contributed by atoms with Crippen molar-refractivity contribution in [1.82, 2.24) is 0 Å². The van der Waals surface area contributed by atoms with Crippen molar-refractivity contribution >= 4 is 0 Å². The molecular weight excluding hydrogens is 430 g/mol. The zero-order chi connectivity index (χ0) is 23.5. The smallest absolute Gasteiger partial charge is 0.403 e. The van der Waals surface area contributed by atoms with Crippen molar-refractivity contribution in [2.24, 2.45) is 11.8 Å². The van der Waals surface area contributed by atoms with Crippen LogP contribution in [-0.2, 0) is 0 Å². The molecule has 1 fully saturated rings. The SMILES string of the molecule is CC(C)CCCC1CCC(c2cc(F)c(-c3ccc(OC(F)(F)F)c(F)c3)c(F)c2)CC1. The molecule has 176 valence electrons. The van der Waals surface area contributed by atoms with Gasteiger partial charge in [-0.1, -0.05) is 39.2 Å². The van der Waals surface area contributed by atoms with Crippen LogP contribution in [0.15, 0.2) is 30.3 Å². The lowest BCUT2D eigenvalue weighted by Crippen LogP contribution is -2.18. The number of hydrogen-bond acceptors (Lipinski definition) is 1. The van der Waals surface area contributed by atoms with Crippen LogP contribution in [0.2, 0.25) is 0 Å². The van der Waals surface area contributed by atoms with Gasteiger partial charge in [0.1, 0.15) is 11.6 Å². The van der Waals surface area contributed by atoms with Crippen LogP contribution in [0, 0.1) is 29.3 Å². The molecule has 1 aliphatic carbocycles. The maximum absolute atomic E-state index is 14.8. The normalized spacial score (nSPS) is 19.4. The summed E-state index contributed by atoms with van der Waals surface area (Å²) in [6.45, 7) is 4.42. The second-order valence-corrected chi connectivity index (χ2v) is 9.09. The zero-order valence-electron chi connectivity index (χ0n) is 18.2. The van der Waals surface area contributed by atoms with Crippen LogP contribution in [-0.4, -0.2) is 6.36 Å². The Morgan fingerprint density at radius 1 is 0.906 bits per heavy atom. The Morgan fingerprint density at radius 3 is 2.06 bits per heavy atom. The van der Waals surface area contributed by atoms with E-state index in [0.29, 0.717) is 29.5 Å². The Balaban J connectivity index is 1.70. The number of halogens is 6. The van der Waals surface area contributed by atoms with E-state index in [4.69, 9.17) is 0 Å². The van der Waals surface area contributed by atoms with Crippen LogP contribution >= 0.6 is 0 Å². The molecule has 0 saturated heterocycles. The number of rotatable bonds is 7. The van der Waals surface area contributed by atoms with Crippen molar-refractivity contribution in [1.29, 1.82) is 0 Å². The van der Waals surface area contributed by atoms with E-state index in [0.717, 1.165) is 31.7 Å². The van der Waals surface area contributed by atoms with Crippen molar-refractivity contribution in [2.45, 2.75) is 71.1 Å². The highest BCUT2D eigenvalue weighted by Crippen LogP contribution is 2.40. The largest absolute Gasteiger partial charge is 0.573 e. The molecule has 0 N–H and O–H groups in total. The van der Waals surface area contributed by atoms with Gasteiger partial charge in [-0.05, 0) is 78.8 Å².